The minimum atomic E-state index is -0.293. The summed E-state index contributed by atoms with van der Waals surface area (Å²) in [6.45, 7) is 0. The number of nitrogens with two attached hydrogens (primary N) is 1. The van der Waals surface area contributed by atoms with Gasteiger partial charge in [0.15, 0.2) is 0 Å². The fourth-order valence-electron chi connectivity index (χ4n) is 2.58. The van der Waals surface area contributed by atoms with Crippen molar-refractivity contribution in [3.05, 3.63) is 84.4 Å². The number of hydrogen-bond donors (Lipinski definition) is 2. The van der Waals surface area contributed by atoms with Crippen LogP contribution < -0.4 is 11.3 Å². The van der Waals surface area contributed by atoms with E-state index < -0.39 is 0 Å². The van der Waals surface area contributed by atoms with E-state index in [1.165, 1.54) is 0 Å². The number of hydrazine groups is 1. The summed E-state index contributed by atoms with van der Waals surface area (Å²) in [5.74, 6) is 5.01. The van der Waals surface area contributed by atoms with Gasteiger partial charge in [-0.1, -0.05) is 72.8 Å². The maximum Gasteiger partial charge on any atom is 0.265 e. The fraction of sp³-hybridized carbons (Fsp3) is 0. The molecule has 0 atom stereocenters. The molecule has 0 heterocycles. The highest BCUT2D eigenvalue weighted by molar-refractivity contribution is 6.02. The SMILES string of the molecule is NNC(=O)c1ccccc1-c1ccccc1-c1ccccc1. The summed E-state index contributed by atoms with van der Waals surface area (Å²) in [5, 5.41) is 0. The Morgan fingerprint density at radius 2 is 1.23 bits per heavy atom. The van der Waals surface area contributed by atoms with Crippen LogP contribution in [0.2, 0.25) is 0 Å². The molecule has 3 heteroatoms. The Bertz CT molecular complexity index is 797. The van der Waals surface area contributed by atoms with E-state index in [2.05, 4.69) is 23.6 Å². The first-order valence-electron chi connectivity index (χ1n) is 7.06. The predicted molar refractivity (Wildman–Crippen MR) is 89.0 cm³/mol. The molecule has 0 unspecified atom stereocenters. The molecular weight excluding hydrogens is 272 g/mol. The second kappa shape index (κ2) is 6.24. The Hall–Kier alpha value is -2.91. The number of rotatable bonds is 3. The zero-order chi connectivity index (χ0) is 15.4. The third-order valence-electron chi connectivity index (χ3n) is 3.60. The molecule has 0 radical (unpaired) electrons. The molecule has 3 nitrogen and oxygen atoms in total. The van der Waals surface area contributed by atoms with Crippen LogP contribution in [-0.4, -0.2) is 5.91 Å². The van der Waals surface area contributed by atoms with Crippen LogP contribution in [0.5, 0.6) is 0 Å². The van der Waals surface area contributed by atoms with E-state index >= 15 is 0 Å². The van der Waals surface area contributed by atoms with Gasteiger partial charge >= 0.3 is 0 Å². The van der Waals surface area contributed by atoms with Crippen molar-refractivity contribution in [2.75, 3.05) is 0 Å². The highest BCUT2D eigenvalue weighted by Crippen LogP contribution is 2.33. The van der Waals surface area contributed by atoms with Gasteiger partial charge in [0.2, 0.25) is 0 Å². The van der Waals surface area contributed by atoms with E-state index in [4.69, 9.17) is 5.84 Å². The lowest BCUT2D eigenvalue weighted by Crippen LogP contribution is -2.30. The zero-order valence-corrected chi connectivity index (χ0v) is 12.0. The lowest BCUT2D eigenvalue weighted by molar-refractivity contribution is 0.0954. The Balaban J connectivity index is 2.21. The number of nitrogens with one attached hydrogen (secondary N) is 1. The largest absolute Gasteiger partial charge is 0.290 e. The summed E-state index contributed by atoms with van der Waals surface area (Å²) < 4.78 is 0. The van der Waals surface area contributed by atoms with Gasteiger partial charge in [0, 0.05) is 5.56 Å². The second-order valence-electron chi connectivity index (χ2n) is 4.93. The Morgan fingerprint density at radius 1 is 0.682 bits per heavy atom. The van der Waals surface area contributed by atoms with E-state index in [0.29, 0.717) is 5.56 Å². The molecule has 3 rings (SSSR count). The molecule has 3 aromatic carbocycles. The number of nitrogen functional groups attached to an aromatic ring is 1. The monoisotopic (exact) mass is 288 g/mol. The highest BCUT2D eigenvalue weighted by atomic mass is 16.2. The van der Waals surface area contributed by atoms with Crippen LogP contribution >= 0.6 is 0 Å². The van der Waals surface area contributed by atoms with E-state index in [0.717, 1.165) is 22.3 Å². The topological polar surface area (TPSA) is 55.1 Å². The molecule has 3 N–H and O–H groups in total. The summed E-state index contributed by atoms with van der Waals surface area (Å²) in [4.78, 5) is 12.0. The lowest BCUT2D eigenvalue weighted by Gasteiger charge is -2.13. The van der Waals surface area contributed by atoms with Crippen molar-refractivity contribution in [1.29, 1.82) is 0 Å². The van der Waals surface area contributed by atoms with Gasteiger partial charge < -0.3 is 0 Å². The van der Waals surface area contributed by atoms with Crippen LogP contribution in [0.25, 0.3) is 22.3 Å². The molecular formula is C19H16N2O. The number of benzene rings is 3. The average molecular weight is 288 g/mol. The number of hydrogen-bond acceptors (Lipinski definition) is 2. The van der Waals surface area contributed by atoms with Crippen LogP contribution in [0, 0.1) is 0 Å². The first kappa shape index (κ1) is 14.0. The molecule has 0 spiro atoms. The molecule has 0 saturated carbocycles. The number of amides is 1. The molecule has 0 aliphatic carbocycles. The summed E-state index contributed by atoms with van der Waals surface area (Å²) in [5.41, 5.74) is 6.84. The summed E-state index contributed by atoms with van der Waals surface area (Å²) in [6, 6.07) is 25.6. The van der Waals surface area contributed by atoms with E-state index in [9.17, 15) is 4.79 Å². The maximum atomic E-state index is 12.0. The van der Waals surface area contributed by atoms with Crippen molar-refractivity contribution in [3.8, 4) is 22.3 Å². The van der Waals surface area contributed by atoms with E-state index in [1.54, 1.807) is 6.07 Å². The van der Waals surface area contributed by atoms with Crippen molar-refractivity contribution in [2.45, 2.75) is 0 Å². The first-order valence-corrected chi connectivity index (χ1v) is 7.06. The minimum Gasteiger partial charge on any atom is -0.290 e. The van der Waals surface area contributed by atoms with Crippen LogP contribution in [0.1, 0.15) is 10.4 Å². The van der Waals surface area contributed by atoms with Gasteiger partial charge in [0.1, 0.15) is 0 Å². The van der Waals surface area contributed by atoms with Gasteiger partial charge in [0.05, 0.1) is 0 Å². The molecule has 0 aromatic heterocycles. The van der Waals surface area contributed by atoms with Gasteiger partial charge in [-0.3, -0.25) is 10.2 Å². The van der Waals surface area contributed by atoms with Crippen molar-refractivity contribution < 1.29 is 4.79 Å². The third-order valence-corrected chi connectivity index (χ3v) is 3.60. The van der Waals surface area contributed by atoms with Crippen molar-refractivity contribution in [3.63, 3.8) is 0 Å². The Morgan fingerprint density at radius 3 is 1.91 bits per heavy atom. The van der Waals surface area contributed by atoms with E-state index in [1.807, 2.05) is 54.6 Å². The smallest absolute Gasteiger partial charge is 0.265 e. The second-order valence-corrected chi connectivity index (χ2v) is 4.93. The molecule has 0 aliphatic rings. The molecule has 0 aliphatic heterocycles. The quantitative estimate of drug-likeness (QED) is 0.439. The van der Waals surface area contributed by atoms with Crippen LogP contribution in [0.4, 0.5) is 0 Å². The lowest BCUT2D eigenvalue weighted by atomic mass is 9.91. The molecule has 0 bridgehead atoms. The first-order chi connectivity index (χ1) is 10.8. The third kappa shape index (κ3) is 2.62. The van der Waals surface area contributed by atoms with Crippen molar-refractivity contribution in [2.24, 2.45) is 5.84 Å². The summed E-state index contributed by atoms with van der Waals surface area (Å²) >= 11 is 0. The van der Waals surface area contributed by atoms with Gasteiger partial charge in [-0.05, 0) is 28.3 Å². The zero-order valence-electron chi connectivity index (χ0n) is 12.0. The number of carbonyl (C=O) groups is 1. The number of carbonyl (C=O) groups excluding carboxylic acids is 1. The minimum absolute atomic E-state index is 0.293. The average Bonchev–Trinajstić information content (AvgIpc) is 2.62. The molecule has 22 heavy (non-hydrogen) atoms. The van der Waals surface area contributed by atoms with Crippen LogP contribution in [-0.2, 0) is 0 Å². The fourth-order valence-corrected chi connectivity index (χ4v) is 2.58. The highest BCUT2D eigenvalue weighted by Gasteiger charge is 2.14. The van der Waals surface area contributed by atoms with Crippen LogP contribution in [0.15, 0.2) is 78.9 Å². The van der Waals surface area contributed by atoms with Gasteiger partial charge in [-0.15, -0.1) is 0 Å². The summed E-state index contributed by atoms with van der Waals surface area (Å²) in [6.07, 6.45) is 0. The predicted octanol–water partition coefficient (Wildman–Crippen LogP) is 3.62. The van der Waals surface area contributed by atoms with Gasteiger partial charge in [0.25, 0.3) is 5.91 Å². The Labute approximate surface area is 129 Å². The molecule has 3 aromatic rings. The van der Waals surface area contributed by atoms with Crippen molar-refractivity contribution in [1.82, 2.24) is 5.43 Å². The normalized spacial score (nSPS) is 10.2. The van der Waals surface area contributed by atoms with Gasteiger partial charge in [-0.25, -0.2) is 5.84 Å². The molecule has 0 saturated heterocycles. The van der Waals surface area contributed by atoms with Crippen LogP contribution in [0.3, 0.4) is 0 Å². The maximum absolute atomic E-state index is 12.0. The summed E-state index contributed by atoms with van der Waals surface area (Å²) in [7, 11) is 0. The van der Waals surface area contributed by atoms with E-state index in [-0.39, 0.29) is 5.91 Å². The van der Waals surface area contributed by atoms with Crippen molar-refractivity contribution >= 4 is 5.91 Å². The molecule has 0 fully saturated rings. The molecule has 1 amide bonds. The standard InChI is InChI=1S/C19H16N2O/c20-21-19(22)18-13-7-6-12-17(18)16-11-5-4-10-15(16)14-8-2-1-3-9-14/h1-13H,20H2,(H,21,22). The Kier molecular flexibility index (Phi) is 3.99. The van der Waals surface area contributed by atoms with Gasteiger partial charge in [-0.2, -0.15) is 0 Å². The molecule has 108 valence electrons.